The van der Waals surface area contributed by atoms with Gasteiger partial charge in [0, 0.05) is 5.57 Å². The predicted molar refractivity (Wildman–Crippen MR) is 35.3 cm³/mol. The Bertz CT molecular complexity index is 203. The smallest absolute Gasteiger partial charge is 0.134 e. The molecule has 0 aromatic rings. The molecule has 1 aliphatic carbocycles. The van der Waals surface area contributed by atoms with Crippen LogP contribution in [0, 0.1) is 12.3 Å². The van der Waals surface area contributed by atoms with E-state index in [0.717, 1.165) is 6.42 Å². The number of allylic oxidation sites excluding steroid dienone is 4. The van der Waals surface area contributed by atoms with Gasteiger partial charge < -0.3 is 0 Å². The lowest BCUT2D eigenvalue weighted by atomic mass is 10.1. The van der Waals surface area contributed by atoms with Gasteiger partial charge in [-0.25, -0.2) is 4.39 Å². The van der Waals surface area contributed by atoms with Crippen LogP contribution in [0.5, 0.6) is 0 Å². The van der Waals surface area contributed by atoms with Crippen molar-refractivity contribution < 1.29 is 4.39 Å². The highest BCUT2D eigenvalue weighted by molar-refractivity contribution is 5.35. The monoisotopic (exact) mass is 122 g/mol. The van der Waals surface area contributed by atoms with E-state index in [-0.39, 0.29) is 5.83 Å². The molecule has 1 aliphatic rings. The molecule has 9 heavy (non-hydrogen) atoms. The summed E-state index contributed by atoms with van der Waals surface area (Å²) in [5.41, 5.74) is 0.498. The van der Waals surface area contributed by atoms with E-state index in [1.165, 1.54) is 6.08 Å². The van der Waals surface area contributed by atoms with Gasteiger partial charge in [-0.1, -0.05) is 12.0 Å². The van der Waals surface area contributed by atoms with Crippen LogP contribution in [0.25, 0.3) is 0 Å². The SMILES string of the molecule is C#CC1=C(F)C=CCC1. The summed E-state index contributed by atoms with van der Waals surface area (Å²) < 4.78 is 12.5. The first-order chi connectivity index (χ1) is 4.34. The molecule has 0 aromatic heterocycles. The van der Waals surface area contributed by atoms with Crippen LogP contribution >= 0.6 is 0 Å². The molecule has 0 amide bonds. The van der Waals surface area contributed by atoms with Gasteiger partial charge in [-0.05, 0) is 18.9 Å². The zero-order valence-electron chi connectivity index (χ0n) is 5.02. The van der Waals surface area contributed by atoms with Crippen molar-refractivity contribution in [1.82, 2.24) is 0 Å². The Morgan fingerprint density at radius 2 is 2.44 bits per heavy atom. The molecule has 0 heterocycles. The van der Waals surface area contributed by atoms with Crippen LogP contribution in [0.4, 0.5) is 4.39 Å². The number of terminal acetylenes is 1. The molecule has 0 spiro atoms. The second-order valence-electron chi connectivity index (χ2n) is 1.91. The highest BCUT2D eigenvalue weighted by Gasteiger charge is 2.03. The van der Waals surface area contributed by atoms with Gasteiger partial charge in [0.05, 0.1) is 0 Å². The van der Waals surface area contributed by atoms with E-state index in [1.807, 2.05) is 0 Å². The predicted octanol–water partition coefficient (Wildman–Crippen LogP) is 2.19. The molecule has 0 atom stereocenters. The van der Waals surface area contributed by atoms with Gasteiger partial charge in [0.2, 0.25) is 0 Å². The molecule has 1 rings (SSSR count). The maximum atomic E-state index is 12.5. The minimum absolute atomic E-state index is 0.247. The first-order valence-electron chi connectivity index (χ1n) is 2.86. The Morgan fingerprint density at radius 3 is 2.89 bits per heavy atom. The molecule has 46 valence electrons. The van der Waals surface area contributed by atoms with Crippen molar-refractivity contribution in [2.45, 2.75) is 12.8 Å². The van der Waals surface area contributed by atoms with Crippen molar-refractivity contribution in [3.05, 3.63) is 23.6 Å². The molecule has 0 fully saturated rings. The normalized spacial score (nSPS) is 17.8. The van der Waals surface area contributed by atoms with Crippen molar-refractivity contribution in [3.63, 3.8) is 0 Å². The first kappa shape index (κ1) is 6.10. The van der Waals surface area contributed by atoms with E-state index in [9.17, 15) is 4.39 Å². The van der Waals surface area contributed by atoms with E-state index in [1.54, 1.807) is 6.08 Å². The standard InChI is InChI=1S/C8H7F/c1-2-7-5-3-4-6-8(7)9/h1,4,6H,3,5H2. The molecule has 0 radical (unpaired) electrons. The van der Waals surface area contributed by atoms with Gasteiger partial charge in [0.25, 0.3) is 0 Å². The van der Waals surface area contributed by atoms with Crippen LogP contribution in [-0.2, 0) is 0 Å². The highest BCUT2D eigenvalue weighted by Crippen LogP contribution is 2.18. The largest absolute Gasteiger partial charge is 0.206 e. The second kappa shape index (κ2) is 2.50. The van der Waals surface area contributed by atoms with E-state index in [2.05, 4.69) is 5.92 Å². The van der Waals surface area contributed by atoms with Crippen LogP contribution in [0.1, 0.15) is 12.8 Å². The van der Waals surface area contributed by atoms with Crippen LogP contribution in [-0.4, -0.2) is 0 Å². The van der Waals surface area contributed by atoms with Gasteiger partial charge >= 0.3 is 0 Å². The summed E-state index contributed by atoms with van der Waals surface area (Å²) in [5.74, 6) is 2.06. The van der Waals surface area contributed by atoms with Crippen LogP contribution in [0.3, 0.4) is 0 Å². The molecule has 1 heteroatoms. The van der Waals surface area contributed by atoms with Crippen molar-refractivity contribution in [1.29, 1.82) is 0 Å². The lowest BCUT2D eigenvalue weighted by Crippen LogP contribution is -1.86. The zero-order chi connectivity index (χ0) is 6.69. The Kier molecular flexibility index (Phi) is 1.69. The molecule has 0 unspecified atom stereocenters. The minimum Gasteiger partial charge on any atom is -0.206 e. The third kappa shape index (κ3) is 1.20. The molecular formula is C8H7F. The summed E-state index contributed by atoms with van der Waals surface area (Å²) in [5, 5.41) is 0. The molecule has 0 aliphatic heterocycles. The Balaban J connectivity index is 2.88. The summed E-state index contributed by atoms with van der Waals surface area (Å²) in [6.45, 7) is 0. The number of hydrogen-bond acceptors (Lipinski definition) is 0. The molecule has 0 saturated carbocycles. The van der Waals surface area contributed by atoms with Crippen molar-refractivity contribution in [2.24, 2.45) is 0 Å². The molecule has 0 saturated heterocycles. The summed E-state index contributed by atoms with van der Waals surface area (Å²) >= 11 is 0. The van der Waals surface area contributed by atoms with E-state index >= 15 is 0 Å². The highest BCUT2D eigenvalue weighted by atomic mass is 19.1. The van der Waals surface area contributed by atoms with E-state index in [0.29, 0.717) is 12.0 Å². The van der Waals surface area contributed by atoms with Crippen molar-refractivity contribution in [3.8, 4) is 12.3 Å². The molecule has 0 bridgehead atoms. The maximum absolute atomic E-state index is 12.5. The van der Waals surface area contributed by atoms with Gasteiger partial charge in [0.1, 0.15) is 5.83 Å². The van der Waals surface area contributed by atoms with Gasteiger partial charge in [-0.2, -0.15) is 0 Å². The minimum atomic E-state index is -0.247. The van der Waals surface area contributed by atoms with Gasteiger partial charge in [-0.3, -0.25) is 0 Å². The van der Waals surface area contributed by atoms with E-state index in [4.69, 9.17) is 6.42 Å². The molecular weight excluding hydrogens is 115 g/mol. The number of hydrogen-bond donors (Lipinski definition) is 0. The topological polar surface area (TPSA) is 0 Å². The quantitative estimate of drug-likeness (QED) is 0.432. The molecule has 0 aromatic carbocycles. The molecule has 0 N–H and O–H groups in total. The average molecular weight is 122 g/mol. The Morgan fingerprint density at radius 1 is 1.67 bits per heavy atom. The molecule has 0 nitrogen and oxygen atoms in total. The second-order valence-corrected chi connectivity index (χ2v) is 1.91. The lowest BCUT2D eigenvalue weighted by Gasteiger charge is -2.01. The first-order valence-corrected chi connectivity index (χ1v) is 2.86. The van der Waals surface area contributed by atoms with Crippen LogP contribution < -0.4 is 0 Å². The van der Waals surface area contributed by atoms with Gasteiger partial charge in [0.15, 0.2) is 0 Å². The summed E-state index contributed by atoms with van der Waals surface area (Å²) in [6, 6.07) is 0. The third-order valence-electron chi connectivity index (χ3n) is 1.29. The lowest BCUT2D eigenvalue weighted by molar-refractivity contribution is 0.644. The number of rotatable bonds is 0. The van der Waals surface area contributed by atoms with Crippen LogP contribution in [0.2, 0.25) is 0 Å². The van der Waals surface area contributed by atoms with E-state index < -0.39 is 0 Å². The average Bonchev–Trinajstić information content (AvgIpc) is 1.89. The zero-order valence-corrected chi connectivity index (χ0v) is 5.02. The fourth-order valence-corrected chi connectivity index (χ4v) is 0.776. The maximum Gasteiger partial charge on any atom is 0.134 e. The van der Waals surface area contributed by atoms with Crippen molar-refractivity contribution >= 4 is 0 Å². The fraction of sp³-hybridized carbons (Fsp3) is 0.250. The summed E-state index contributed by atoms with van der Waals surface area (Å²) in [6.07, 6.45) is 9.78. The van der Waals surface area contributed by atoms with Crippen LogP contribution in [0.15, 0.2) is 23.6 Å². The van der Waals surface area contributed by atoms with Gasteiger partial charge in [-0.15, -0.1) is 6.42 Å². The summed E-state index contributed by atoms with van der Waals surface area (Å²) in [7, 11) is 0. The Hall–Kier alpha value is -1.03. The summed E-state index contributed by atoms with van der Waals surface area (Å²) in [4.78, 5) is 0. The number of halogens is 1. The Labute approximate surface area is 54.1 Å². The fourth-order valence-electron chi connectivity index (χ4n) is 0.776. The third-order valence-corrected chi connectivity index (χ3v) is 1.29. The van der Waals surface area contributed by atoms with Crippen molar-refractivity contribution in [2.75, 3.05) is 0 Å².